The summed E-state index contributed by atoms with van der Waals surface area (Å²) in [7, 11) is 0. The molecule has 0 saturated carbocycles. The summed E-state index contributed by atoms with van der Waals surface area (Å²) in [4.78, 5) is 0. The molecule has 1 nitrogen and oxygen atoms in total. The first-order chi connectivity index (χ1) is 6.83. The van der Waals surface area contributed by atoms with Gasteiger partial charge in [0.1, 0.15) is 0 Å². The SMILES string of the molecule is CC.Cc1ccc(CNCCS)cc1. The molecule has 2 heteroatoms. The first-order valence-corrected chi connectivity index (χ1v) is 5.83. The van der Waals surface area contributed by atoms with Gasteiger partial charge in [-0.2, -0.15) is 12.6 Å². The average Bonchev–Trinajstić information content (AvgIpc) is 2.24. The Bertz CT molecular complexity index is 218. The first-order valence-electron chi connectivity index (χ1n) is 5.20. The fourth-order valence-corrected chi connectivity index (χ4v) is 1.18. The van der Waals surface area contributed by atoms with E-state index in [0.29, 0.717) is 0 Å². The molecule has 0 heterocycles. The lowest BCUT2D eigenvalue weighted by Gasteiger charge is -2.02. The molecule has 80 valence electrons. The van der Waals surface area contributed by atoms with Gasteiger partial charge >= 0.3 is 0 Å². The Morgan fingerprint density at radius 1 is 1.14 bits per heavy atom. The zero-order chi connectivity index (χ0) is 10.8. The number of hydrogen-bond acceptors (Lipinski definition) is 2. The van der Waals surface area contributed by atoms with Crippen molar-refractivity contribution < 1.29 is 0 Å². The van der Waals surface area contributed by atoms with Crippen molar-refractivity contribution in [3.05, 3.63) is 35.4 Å². The van der Waals surface area contributed by atoms with Crippen LogP contribution in [0.5, 0.6) is 0 Å². The summed E-state index contributed by atoms with van der Waals surface area (Å²) in [6.45, 7) is 8.02. The monoisotopic (exact) mass is 211 g/mol. The van der Waals surface area contributed by atoms with Gasteiger partial charge in [0.05, 0.1) is 0 Å². The summed E-state index contributed by atoms with van der Waals surface area (Å²) < 4.78 is 0. The van der Waals surface area contributed by atoms with Crippen molar-refractivity contribution in [1.29, 1.82) is 0 Å². The molecule has 1 rings (SSSR count). The Morgan fingerprint density at radius 2 is 1.71 bits per heavy atom. The molecule has 0 amide bonds. The summed E-state index contributed by atoms with van der Waals surface area (Å²) in [5.74, 6) is 0.895. The molecular weight excluding hydrogens is 190 g/mol. The average molecular weight is 211 g/mol. The second-order valence-corrected chi connectivity index (χ2v) is 3.33. The zero-order valence-corrected chi connectivity index (χ0v) is 10.3. The minimum absolute atomic E-state index is 0.895. The predicted octanol–water partition coefficient (Wildman–Crippen LogP) is 3.04. The Balaban J connectivity index is 0.000000791. The van der Waals surface area contributed by atoms with Crippen LogP contribution in [0.2, 0.25) is 0 Å². The smallest absolute Gasteiger partial charge is 0.0205 e. The van der Waals surface area contributed by atoms with Gasteiger partial charge in [-0.1, -0.05) is 43.7 Å². The number of nitrogens with one attached hydrogen (secondary N) is 1. The number of aryl methyl sites for hydroxylation is 1. The van der Waals surface area contributed by atoms with Gasteiger partial charge in [-0.25, -0.2) is 0 Å². The summed E-state index contributed by atoms with van der Waals surface area (Å²) >= 11 is 4.12. The van der Waals surface area contributed by atoms with Gasteiger partial charge in [-0.3, -0.25) is 0 Å². The van der Waals surface area contributed by atoms with Crippen molar-refractivity contribution in [2.24, 2.45) is 0 Å². The van der Waals surface area contributed by atoms with Crippen LogP contribution in [0.15, 0.2) is 24.3 Å². The highest BCUT2D eigenvalue weighted by Crippen LogP contribution is 2.01. The Hall–Kier alpha value is -0.470. The maximum absolute atomic E-state index is 4.12. The van der Waals surface area contributed by atoms with Gasteiger partial charge in [0, 0.05) is 18.8 Å². The Morgan fingerprint density at radius 3 is 2.21 bits per heavy atom. The Labute approximate surface area is 93.3 Å². The lowest BCUT2D eigenvalue weighted by molar-refractivity contribution is 0.733. The van der Waals surface area contributed by atoms with Crippen LogP contribution >= 0.6 is 12.6 Å². The molecule has 0 spiro atoms. The molecule has 0 aliphatic carbocycles. The first kappa shape index (κ1) is 13.5. The van der Waals surface area contributed by atoms with Gasteiger partial charge in [-0.05, 0) is 12.5 Å². The van der Waals surface area contributed by atoms with Crippen molar-refractivity contribution >= 4 is 12.6 Å². The number of rotatable bonds is 4. The van der Waals surface area contributed by atoms with Crippen LogP contribution in [0.4, 0.5) is 0 Å². The molecular formula is C12H21NS. The minimum atomic E-state index is 0.895. The fourth-order valence-electron chi connectivity index (χ4n) is 1.02. The molecule has 0 saturated heterocycles. The van der Waals surface area contributed by atoms with E-state index < -0.39 is 0 Å². The van der Waals surface area contributed by atoms with Crippen molar-refractivity contribution in [2.75, 3.05) is 12.3 Å². The highest BCUT2D eigenvalue weighted by Gasteiger charge is 1.90. The predicted molar refractivity (Wildman–Crippen MR) is 68.1 cm³/mol. The van der Waals surface area contributed by atoms with Crippen molar-refractivity contribution in [1.82, 2.24) is 5.32 Å². The quantitative estimate of drug-likeness (QED) is 0.576. The maximum atomic E-state index is 4.12. The standard InChI is InChI=1S/C10H15NS.C2H6/c1-9-2-4-10(5-3-9)8-11-6-7-12;1-2/h2-5,11-12H,6-8H2,1H3;1-2H3. The van der Waals surface area contributed by atoms with Crippen LogP contribution in [0.25, 0.3) is 0 Å². The maximum Gasteiger partial charge on any atom is 0.0205 e. The van der Waals surface area contributed by atoms with Crippen LogP contribution in [-0.2, 0) is 6.54 Å². The Kier molecular flexibility index (Phi) is 8.79. The van der Waals surface area contributed by atoms with Crippen molar-refractivity contribution in [3.8, 4) is 0 Å². The number of benzene rings is 1. The molecule has 0 aliphatic rings. The topological polar surface area (TPSA) is 12.0 Å². The molecule has 0 bridgehead atoms. The van der Waals surface area contributed by atoms with Crippen molar-refractivity contribution in [2.45, 2.75) is 27.3 Å². The van der Waals surface area contributed by atoms with Gasteiger partial charge in [0.2, 0.25) is 0 Å². The largest absolute Gasteiger partial charge is 0.312 e. The molecule has 0 unspecified atom stereocenters. The van der Waals surface area contributed by atoms with E-state index in [1.165, 1.54) is 11.1 Å². The summed E-state index contributed by atoms with van der Waals surface area (Å²) in [6, 6.07) is 8.58. The van der Waals surface area contributed by atoms with Crippen LogP contribution in [-0.4, -0.2) is 12.3 Å². The molecule has 1 N–H and O–H groups in total. The van der Waals surface area contributed by atoms with Crippen molar-refractivity contribution in [3.63, 3.8) is 0 Å². The van der Waals surface area contributed by atoms with Crippen LogP contribution < -0.4 is 5.32 Å². The molecule has 0 fully saturated rings. The number of thiol groups is 1. The summed E-state index contributed by atoms with van der Waals surface area (Å²) in [5.41, 5.74) is 2.65. The zero-order valence-electron chi connectivity index (χ0n) is 9.38. The van der Waals surface area contributed by atoms with E-state index in [9.17, 15) is 0 Å². The van der Waals surface area contributed by atoms with E-state index in [2.05, 4.69) is 49.1 Å². The van der Waals surface area contributed by atoms with Crippen LogP contribution in [0.1, 0.15) is 25.0 Å². The van der Waals surface area contributed by atoms with Gasteiger partial charge in [0.25, 0.3) is 0 Å². The van der Waals surface area contributed by atoms with E-state index in [4.69, 9.17) is 0 Å². The molecule has 0 radical (unpaired) electrons. The third kappa shape index (κ3) is 6.06. The van der Waals surface area contributed by atoms with Gasteiger partial charge in [0.15, 0.2) is 0 Å². The summed E-state index contributed by atoms with van der Waals surface area (Å²) in [5, 5.41) is 3.29. The van der Waals surface area contributed by atoms with Gasteiger partial charge < -0.3 is 5.32 Å². The second-order valence-electron chi connectivity index (χ2n) is 2.89. The fraction of sp³-hybridized carbons (Fsp3) is 0.500. The third-order valence-electron chi connectivity index (χ3n) is 1.74. The lowest BCUT2D eigenvalue weighted by Crippen LogP contribution is -2.15. The highest BCUT2D eigenvalue weighted by molar-refractivity contribution is 7.80. The molecule has 1 aromatic rings. The lowest BCUT2D eigenvalue weighted by atomic mass is 10.1. The molecule has 0 aromatic heterocycles. The highest BCUT2D eigenvalue weighted by atomic mass is 32.1. The minimum Gasteiger partial charge on any atom is -0.312 e. The molecule has 14 heavy (non-hydrogen) atoms. The van der Waals surface area contributed by atoms with E-state index in [1.807, 2.05) is 13.8 Å². The molecule has 0 atom stereocenters. The van der Waals surface area contributed by atoms with Crippen LogP contribution in [0, 0.1) is 6.92 Å². The van der Waals surface area contributed by atoms with E-state index in [-0.39, 0.29) is 0 Å². The normalized spacial score (nSPS) is 9.14. The molecule has 0 aliphatic heterocycles. The van der Waals surface area contributed by atoms with E-state index in [0.717, 1.165) is 18.8 Å². The summed E-state index contributed by atoms with van der Waals surface area (Å²) in [6.07, 6.45) is 0. The number of hydrogen-bond donors (Lipinski definition) is 2. The third-order valence-corrected chi connectivity index (χ3v) is 1.96. The van der Waals surface area contributed by atoms with Crippen LogP contribution in [0.3, 0.4) is 0 Å². The molecule has 1 aromatic carbocycles. The van der Waals surface area contributed by atoms with Gasteiger partial charge in [-0.15, -0.1) is 0 Å². The second kappa shape index (κ2) is 9.10. The van der Waals surface area contributed by atoms with E-state index >= 15 is 0 Å². The van der Waals surface area contributed by atoms with E-state index in [1.54, 1.807) is 0 Å².